The monoisotopic (exact) mass is 519 g/mol. The number of carboxylic acid groups (broad SMARTS) is 1. The van der Waals surface area contributed by atoms with Crippen molar-refractivity contribution in [3.8, 4) is 11.5 Å². The number of halogens is 3. The van der Waals surface area contributed by atoms with Crippen molar-refractivity contribution < 1.29 is 32.0 Å². The van der Waals surface area contributed by atoms with E-state index in [1.807, 2.05) is 86.6 Å². The molecular weight excluding hydrogens is 495 g/mol. The fourth-order valence-corrected chi connectivity index (χ4v) is 3.53. The Morgan fingerprint density at radius 1 is 1.06 bits per heavy atom. The third-order valence-corrected chi connectivity index (χ3v) is 5.99. The molecule has 0 fully saturated rings. The molecule has 0 amide bonds. The predicted octanol–water partition coefficient (Wildman–Crippen LogP) is 6.06. The van der Waals surface area contributed by atoms with E-state index < -0.39 is 23.1 Å². The number of carboxylic acids is 1. The second-order valence-electron chi connectivity index (χ2n) is 7.90. The number of anilines is 1. The number of aromatic nitrogens is 2. The van der Waals surface area contributed by atoms with Crippen molar-refractivity contribution in [2.75, 3.05) is 4.72 Å². The summed E-state index contributed by atoms with van der Waals surface area (Å²) in [4.78, 5) is 16.9. The summed E-state index contributed by atoms with van der Waals surface area (Å²) in [6.07, 6.45) is -4.39. The number of benzene rings is 3. The molecule has 0 aliphatic rings. The summed E-state index contributed by atoms with van der Waals surface area (Å²) in [5, 5.41) is 7.18. The highest BCUT2D eigenvalue weighted by molar-refractivity contribution is 7.86. The van der Waals surface area contributed by atoms with Gasteiger partial charge in [-0.25, -0.2) is 14.0 Å². The maximum absolute atomic E-state index is 12.0. The molecule has 0 saturated carbocycles. The molecule has 1 heterocycles. The molecule has 1 atom stereocenters. The second kappa shape index (κ2) is 11.7. The summed E-state index contributed by atoms with van der Waals surface area (Å²) < 4.78 is 52.6. The van der Waals surface area contributed by atoms with Crippen LogP contribution in [0.1, 0.15) is 25.2 Å². The molecule has 4 rings (SSSR count). The van der Waals surface area contributed by atoms with Crippen LogP contribution in [0.2, 0.25) is 0 Å². The van der Waals surface area contributed by atoms with Crippen LogP contribution in [0.25, 0.3) is 11.0 Å². The first-order chi connectivity index (χ1) is 17.0. The quantitative estimate of drug-likeness (QED) is 0.275. The highest BCUT2D eigenvalue weighted by atomic mass is 32.2. The van der Waals surface area contributed by atoms with Crippen molar-refractivity contribution in [2.45, 2.75) is 31.7 Å². The van der Waals surface area contributed by atoms with Gasteiger partial charge in [-0.2, -0.15) is 13.2 Å². The fourth-order valence-electron chi connectivity index (χ4n) is 2.94. The maximum Gasteiger partial charge on any atom is 0.490 e. The van der Waals surface area contributed by atoms with Crippen molar-refractivity contribution in [3.05, 3.63) is 84.2 Å². The third-order valence-electron chi connectivity index (χ3n) is 4.69. The third kappa shape index (κ3) is 7.84. The summed E-state index contributed by atoms with van der Waals surface area (Å²) in [6.45, 7) is 3.85. The van der Waals surface area contributed by atoms with Crippen molar-refractivity contribution in [1.82, 2.24) is 9.97 Å². The number of hydrogen-bond donors (Lipinski definition) is 3. The number of nitrogens with zero attached hydrogens (tertiary/aromatic N) is 1. The first-order valence-electron chi connectivity index (χ1n) is 10.8. The molecular formula is C25H24F3N3O4S. The Labute approximate surface area is 207 Å². The van der Waals surface area contributed by atoms with E-state index in [1.165, 1.54) is 0 Å². The summed E-state index contributed by atoms with van der Waals surface area (Å²) in [7, 11) is -1.10. The Morgan fingerprint density at radius 3 is 2.25 bits per heavy atom. The summed E-state index contributed by atoms with van der Waals surface area (Å²) >= 11 is 0. The highest BCUT2D eigenvalue weighted by Crippen LogP contribution is 2.23. The normalized spacial score (nSPS) is 12.1. The van der Waals surface area contributed by atoms with E-state index in [2.05, 4.69) is 14.7 Å². The Kier molecular flexibility index (Phi) is 8.70. The molecule has 3 N–H and O–H groups in total. The number of alkyl halides is 3. The molecule has 11 heteroatoms. The van der Waals surface area contributed by atoms with Gasteiger partial charge >= 0.3 is 12.1 Å². The lowest BCUT2D eigenvalue weighted by atomic mass is 10.1. The molecule has 0 aliphatic heterocycles. The van der Waals surface area contributed by atoms with Gasteiger partial charge in [-0.05, 0) is 61.9 Å². The molecule has 1 aromatic heterocycles. The zero-order valence-corrected chi connectivity index (χ0v) is 20.2. The van der Waals surface area contributed by atoms with E-state index in [4.69, 9.17) is 14.6 Å². The van der Waals surface area contributed by atoms with Crippen LogP contribution >= 0.6 is 0 Å². The number of carbonyl (C=O) groups is 1. The summed E-state index contributed by atoms with van der Waals surface area (Å²) in [6, 6.07) is 23.5. The van der Waals surface area contributed by atoms with E-state index in [0.29, 0.717) is 6.42 Å². The zero-order chi connectivity index (χ0) is 26.3. The number of aromatic amines is 1. The molecule has 0 spiro atoms. The number of para-hydroxylation sites is 1. The first kappa shape index (κ1) is 26.7. The number of aliphatic carboxylic acids is 1. The molecule has 0 radical (unpaired) electrons. The Morgan fingerprint density at radius 2 is 1.67 bits per heavy atom. The summed E-state index contributed by atoms with van der Waals surface area (Å²) in [5.41, 5.74) is 3.78. The van der Waals surface area contributed by atoms with Crippen molar-refractivity contribution in [3.63, 3.8) is 0 Å². The van der Waals surface area contributed by atoms with Crippen LogP contribution in [0, 0.1) is 0 Å². The van der Waals surface area contributed by atoms with Gasteiger partial charge < -0.3 is 19.5 Å². The number of H-pyrrole nitrogens is 1. The lowest BCUT2D eigenvalue weighted by Gasteiger charge is -2.08. The van der Waals surface area contributed by atoms with Gasteiger partial charge in [-0.15, -0.1) is 0 Å². The fraction of sp³-hybridized carbons (Fsp3) is 0.200. The SMILES string of the molecule is CC(C)S(=O)Nc1ccc2nc(Cc3ccc(Oc4ccccc4)cc3)[nH]c2c1.O=C(O)C(F)(F)F. The molecule has 3 aromatic carbocycles. The average Bonchev–Trinajstić information content (AvgIpc) is 3.22. The van der Waals surface area contributed by atoms with E-state index in [0.717, 1.165) is 39.6 Å². The number of fused-ring (bicyclic) bond motifs is 1. The maximum atomic E-state index is 12.0. The van der Waals surface area contributed by atoms with E-state index in [9.17, 15) is 17.4 Å². The van der Waals surface area contributed by atoms with Crippen LogP contribution < -0.4 is 9.46 Å². The molecule has 4 aromatic rings. The second-order valence-corrected chi connectivity index (χ2v) is 9.64. The van der Waals surface area contributed by atoms with Crippen molar-refractivity contribution in [1.29, 1.82) is 0 Å². The van der Waals surface area contributed by atoms with Gasteiger partial charge in [0.25, 0.3) is 0 Å². The van der Waals surface area contributed by atoms with Crippen molar-refractivity contribution in [2.24, 2.45) is 0 Å². The standard InChI is InChI=1S/C23H23N3O2S.C2HF3O2/c1-16(2)29(27)26-18-10-13-21-22(15-18)25-23(24-21)14-17-8-11-20(12-9-17)28-19-6-4-3-5-7-19;3-2(4,5)1(6)7/h3-13,15-16,26H,14H2,1-2H3,(H,24,25);(H,6,7). The molecule has 0 bridgehead atoms. The molecule has 36 heavy (non-hydrogen) atoms. The van der Waals surface area contributed by atoms with Gasteiger partial charge in [0.05, 0.1) is 11.0 Å². The zero-order valence-electron chi connectivity index (χ0n) is 19.4. The van der Waals surface area contributed by atoms with E-state index in [-0.39, 0.29) is 5.25 Å². The highest BCUT2D eigenvalue weighted by Gasteiger charge is 2.38. The number of hydrogen-bond acceptors (Lipinski definition) is 4. The van der Waals surface area contributed by atoms with Crippen LogP contribution in [-0.4, -0.2) is 36.7 Å². The Bertz CT molecular complexity index is 1320. The van der Waals surface area contributed by atoms with E-state index in [1.54, 1.807) is 0 Å². The molecule has 190 valence electrons. The van der Waals surface area contributed by atoms with Crippen LogP contribution in [-0.2, 0) is 22.2 Å². The van der Waals surface area contributed by atoms with Crippen LogP contribution in [0.4, 0.5) is 18.9 Å². The van der Waals surface area contributed by atoms with Crippen LogP contribution in [0.3, 0.4) is 0 Å². The number of nitrogens with one attached hydrogen (secondary N) is 2. The Balaban J connectivity index is 0.000000454. The minimum Gasteiger partial charge on any atom is -0.475 e. The predicted molar refractivity (Wildman–Crippen MR) is 132 cm³/mol. The summed E-state index contributed by atoms with van der Waals surface area (Å²) in [5.74, 6) is -0.245. The molecule has 1 unspecified atom stereocenters. The van der Waals surface area contributed by atoms with Gasteiger partial charge in [0, 0.05) is 17.4 Å². The molecule has 0 saturated heterocycles. The lowest BCUT2D eigenvalue weighted by molar-refractivity contribution is -0.192. The topological polar surface area (TPSA) is 104 Å². The average molecular weight is 520 g/mol. The number of ether oxygens (including phenoxy) is 1. The largest absolute Gasteiger partial charge is 0.490 e. The van der Waals surface area contributed by atoms with Crippen LogP contribution in [0.15, 0.2) is 72.8 Å². The van der Waals surface area contributed by atoms with Crippen LogP contribution in [0.5, 0.6) is 11.5 Å². The first-order valence-corrected chi connectivity index (χ1v) is 12.0. The smallest absolute Gasteiger partial charge is 0.475 e. The van der Waals surface area contributed by atoms with Gasteiger partial charge in [-0.1, -0.05) is 30.3 Å². The minimum atomic E-state index is -5.08. The number of rotatable bonds is 7. The molecule has 0 aliphatic carbocycles. The van der Waals surface area contributed by atoms with E-state index >= 15 is 0 Å². The Hall–Kier alpha value is -3.86. The minimum absolute atomic E-state index is 0.0527. The lowest BCUT2D eigenvalue weighted by Crippen LogP contribution is -2.21. The van der Waals surface area contributed by atoms with Gasteiger partial charge in [0.2, 0.25) is 0 Å². The van der Waals surface area contributed by atoms with Crippen molar-refractivity contribution >= 4 is 33.7 Å². The van der Waals surface area contributed by atoms with Gasteiger partial charge in [0.15, 0.2) is 0 Å². The molecule has 7 nitrogen and oxygen atoms in total. The number of imidazole rings is 1. The van der Waals surface area contributed by atoms with Gasteiger partial charge in [-0.3, -0.25) is 0 Å². The van der Waals surface area contributed by atoms with Gasteiger partial charge in [0.1, 0.15) is 28.3 Å².